The van der Waals surface area contributed by atoms with Gasteiger partial charge in [0.25, 0.3) is 0 Å². The molecule has 0 aromatic heterocycles. The zero-order chi connectivity index (χ0) is 27.0. The van der Waals surface area contributed by atoms with Crippen LogP contribution in [0.4, 0.5) is 0 Å². The number of carbonyl (C=O) groups is 2. The fourth-order valence-electron chi connectivity index (χ4n) is 5.52. The summed E-state index contributed by atoms with van der Waals surface area (Å²) in [6, 6.07) is 23.2. The summed E-state index contributed by atoms with van der Waals surface area (Å²) in [4.78, 5) is 24.4. The Morgan fingerprint density at radius 3 is 2.03 bits per heavy atom. The quantitative estimate of drug-likeness (QED) is 0.197. The predicted molar refractivity (Wildman–Crippen MR) is 150 cm³/mol. The Morgan fingerprint density at radius 1 is 0.868 bits per heavy atom. The molecule has 0 spiro atoms. The maximum absolute atomic E-state index is 12.2. The lowest BCUT2D eigenvalue weighted by atomic mass is 9.65. The van der Waals surface area contributed by atoms with Crippen molar-refractivity contribution in [1.29, 1.82) is 0 Å². The lowest BCUT2D eigenvalue weighted by Crippen LogP contribution is -2.31. The summed E-state index contributed by atoms with van der Waals surface area (Å²) in [5, 5.41) is 0. The first-order valence-electron chi connectivity index (χ1n) is 13.0. The van der Waals surface area contributed by atoms with E-state index in [1.807, 2.05) is 32.9 Å². The Balaban J connectivity index is 1.70. The molecule has 4 nitrogen and oxygen atoms in total. The summed E-state index contributed by atoms with van der Waals surface area (Å²) < 4.78 is 11.3. The molecule has 0 amide bonds. The summed E-state index contributed by atoms with van der Waals surface area (Å²) in [6.07, 6.45) is 5.45. The van der Waals surface area contributed by atoms with E-state index in [4.69, 9.17) is 9.47 Å². The molecule has 5 rings (SSSR count). The maximum Gasteiger partial charge on any atom is 0.338 e. The van der Waals surface area contributed by atoms with Crippen molar-refractivity contribution < 1.29 is 19.1 Å². The van der Waals surface area contributed by atoms with Gasteiger partial charge in [0.2, 0.25) is 0 Å². The Morgan fingerprint density at radius 2 is 1.50 bits per heavy atom. The first-order valence-corrected chi connectivity index (χ1v) is 13.0. The third kappa shape index (κ3) is 4.20. The minimum Gasteiger partial charge on any atom is -0.431 e. The topological polar surface area (TPSA) is 52.6 Å². The van der Waals surface area contributed by atoms with E-state index in [1.54, 1.807) is 6.92 Å². The van der Waals surface area contributed by atoms with Crippen molar-refractivity contribution in [3.8, 4) is 16.9 Å². The van der Waals surface area contributed by atoms with Gasteiger partial charge in [0, 0.05) is 12.0 Å². The highest BCUT2D eigenvalue weighted by Crippen LogP contribution is 2.58. The molecule has 0 atom stereocenters. The highest BCUT2D eigenvalue weighted by atomic mass is 16.5. The minimum absolute atomic E-state index is 0.179. The van der Waals surface area contributed by atoms with Gasteiger partial charge in [-0.3, -0.25) is 4.79 Å². The standard InChI is InChI=1S/C34H32O4/c1-21(2)32(35)37-26-17-14-24(15-18-26)34(25-16-19-31(23(5)20-25)38-33(36)22(3)4)29-12-8-6-10-27(29)28-11-7-9-13-30(28)34/h6-14,16-17,19-21H,3,15,18H2,1-2,4-5H3. The van der Waals surface area contributed by atoms with E-state index in [0.29, 0.717) is 23.5 Å². The highest BCUT2D eigenvalue weighted by molar-refractivity contribution is 5.89. The van der Waals surface area contributed by atoms with Crippen LogP contribution in [-0.2, 0) is 19.7 Å². The van der Waals surface area contributed by atoms with E-state index in [2.05, 4.69) is 73.3 Å². The van der Waals surface area contributed by atoms with Crippen molar-refractivity contribution in [1.82, 2.24) is 0 Å². The largest absolute Gasteiger partial charge is 0.431 e. The third-order valence-corrected chi connectivity index (χ3v) is 7.41. The van der Waals surface area contributed by atoms with Gasteiger partial charge in [-0.2, -0.15) is 0 Å². The number of carbonyl (C=O) groups excluding carboxylic acids is 2. The number of rotatable bonds is 6. The molecule has 3 aromatic rings. The Bertz CT molecular complexity index is 1470. The Labute approximate surface area is 224 Å². The first kappa shape index (κ1) is 25.5. The van der Waals surface area contributed by atoms with Gasteiger partial charge in [0.05, 0.1) is 11.3 Å². The molecule has 0 saturated carbocycles. The summed E-state index contributed by atoms with van der Waals surface area (Å²) in [6.45, 7) is 11.0. The van der Waals surface area contributed by atoms with Crippen molar-refractivity contribution in [3.63, 3.8) is 0 Å². The van der Waals surface area contributed by atoms with Crippen molar-refractivity contribution in [3.05, 3.63) is 125 Å². The van der Waals surface area contributed by atoms with Crippen LogP contribution in [-0.4, -0.2) is 11.9 Å². The molecule has 3 aromatic carbocycles. The smallest absolute Gasteiger partial charge is 0.338 e. The molecule has 38 heavy (non-hydrogen) atoms. The number of hydrogen-bond acceptors (Lipinski definition) is 4. The molecule has 0 heterocycles. The zero-order valence-corrected chi connectivity index (χ0v) is 22.3. The van der Waals surface area contributed by atoms with E-state index in [-0.39, 0.29) is 11.9 Å². The van der Waals surface area contributed by atoms with Crippen LogP contribution in [0.15, 0.2) is 102 Å². The van der Waals surface area contributed by atoms with Gasteiger partial charge in [-0.05, 0) is 65.8 Å². The average Bonchev–Trinajstić information content (AvgIpc) is 3.21. The van der Waals surface area contributed by atoms with Crippen LogP contribution in [0.2, 0.25) is 0 Å². The summed E-state index contributed by atoms with van der Waals surface area (Å²) in [7, 11) is 0. The molecular weight excluding hydrogens is 472 g/mol. The molecular formula is C34H32O4. The second kappa shape index (κ2) is 9.94. The summed E-state index contributed by atoms with van der Waals surface area (Å²) >= 11 is 0. The molecule has 2 aliphatic carbocycles. The Kier molecular flexibility index (Phi) is 6.66. The van der Waals surface area contributed by atoms with Crippen LogP contribution in [0.3, 0.4) is 0 Å². The zero-order valence-electron chi connectivity index (χ0n) is 22.3. The molecule has 0 aliphatic heterocycles. The van der Waals surface area contributed by atoms with E-state index < -0.39 is 11.4 Å². The molecule has 0 saturated heterocycles. The fraction of sp³-hybridized carbons (Fsp3) is 0.235. The first-order chi connectivity index (χ1) is 18.2. The molecule has 0 N–H and O–H groups in total. The van der Waals surface area contributed by atoms with Crippen molar-refractivity contribution >= 4 is 11.9 Å². The minimum atomic E-state index is -0.529. The van der Waals surface area contributed by atoms with Crippen molar-refractivity contribution in [2.75, 3.05) is 0 Å². The highest BCUT2D eigenvalue weighted by Gasteiger charge is 2.47. The molecule has 2 aliphatic rings. The van der Waals surface area contributed by atoms with Gasteiger partial charge in [0.15, 0.2) is 0 Å². The third-order valence-electron chi connectivity index (χ3n) is 7.41. The van der Waals surface area contributed by atoms with Crippen LogP contribution in [0.5, 0.6) is 5.75 Å². The molecule has 0 bridgehead atoms. The van der Waals surface area contributed by atoms with E-state index >= 15 is 0 Å². The molecule has 0 radical (unpaired) electrons. The van der Waals surface area contributed by atoms with Gasteiger partial charge in [-0.25, -0.2) is 4.79 Å². The molecule has 192 valence electrons. The number of allylic oxidation sites excluding steroid dienone is 4. The van der Waals surface area contributed by atoms with Crippen LogP contribution < -0.4 is 4.74 Å². The summed E-state index contributed by atoms with van der Waals surface area (Å²) in [5.41, 5.74) is 7.88. The van der Waals surface area contributed by atoms with Gasteiger partial charge in [-0.15, -0.1) is 0 Å². The number of benzene rings is 3. The number of fused-ring (bicyclic) bond motifs is 3. The van der Waals surface area contributed by atoms with Crippen molar-refractivity contribution in [2.24, 2.45) is 5.92 Å². The lowest BCUT2D eigenvalue weighted by molar-refractivity contribution is -0.143. The van der Waals surface area contributed by atoms with Crippen LogP contribution in [0, 0.1) is 12.8 Å². The second-order valence-electron chi connectivity index (χ2n) is 10.4. The van der Waals surface area contributed by atoms with E-state index in [1.165, 1.54) is 27.8 Å². The van der Waals surface area contributed by atoms with Gasteiger partial charge < -0.3 is 9.47 Å². The average molecular weight is 505 g/mol. The van der Waals surface area contributed by atoms with Crippen LogP contribution >= 0.6 is 0 Å². The predicted octanol–water partition coefficient (Wildman–Crippen LogP) is 7.59. The fourth-order valence-corrected chi connectivity index (χ4v) is 5.52. The van der Waals surface area contributed by atoms with Gasteiger partial charge >= 0.3 is 11.9 Å². The lowest BCUT2D eigenvalue weighted by Gasteiger charge is -2.37. The molecule has 4 heteroatoms. The van der Waals surface area contributed by atoms with Gasteiger partial charge in [-0.1, -0.05) is 92.7 Å². The van der Waals surface area contributed by atoms with E-state index in [9.17, 15) is 9.59 Å². The summed E-state index contributed by atoms with van der Waals surface area (Å²) in [5.74, 6) is 0.393. The maximum atomic E-state index is 12.2. The normalized spacial score (nSPS) is 15.2. The Hall–Kier alpha value is -4.18. The second-order valence-corrected chi connectivity index (χ2v) is 10.4. The number of hydrogen-bond donors (Lipinski definition) is 0. The van der Waals surface area contributed by atoms with Crippen LogP contribution in [0.1, 0.15) is 55.9 Å². The number of aryl methyl sites for hydroxylation is 1. The monoisotopic (exact) mass is 504 g/mol. The molecule has 0 fully saturated rings. The van der Waals surface area contributed by atoms with Crippen molar-refractivity contribution in [2.45, 2.75) is 46.0 Å². The van der Waals surface area contributed by atoms with E-state index in [0.717, 1.165) is 17.5 Å². The van der Waals surface area contributed by atoms with Crippen LogP contribution in [0.25, 0.3) is 11.1 Å². The molecule has 0 unspecified atom stereocenters. The number of ether oxygens (including phenoxy) is 2. The van der Waals surface area contributed by atoms with Gasteiger partial charge in [0.1, 0.15) is 11.5 Å². The SMILES string of the molecule is C=C(C)C(=O)Oc1ccc(C2(C3=CC=C(OC(=O)C(C)C)CC3)c3ccccc3-c3ccccc32)cc1C. The number of esters is 2.